The number of rotatable bonds is 12. The molecule has 0 atom stereocenters. The molecule has 125 valence electrons. The van der Waals surface area contributed by atoms with E-state index in [0.29, 0.717) is 0 Å². The van der Waals surface area contributed by atoms with Crippen LogP contribution in [0.15, 0.2) is 0 Å². The molecule has 0 aliphatic rings. The molecule has 0 unspecified atom stereocenters. The molecular weight excluding hydrogens is 378 g/mol. The minimum absolute atomic E-state index is 0.842. The van der Waals surface area contributed by atoms with Gasteiger partial charge in [0.1, 0.15) is 0 Å². The average molecular weight is 413 g/mol. The Morgan fingerprint density at radius 1 is 0.857 bits per heavy atom. The summed E-state index contributed by atoms with van der Waals surface area (Å²) in [5.74, 6) is 1.68. The molecule has 0 amide bonds. The van der Waals surface area contributed by atoms with Crippen LogP contribution < -0.4 is 0 Å². The molecule has 21 heavy (non-hydrogen) atoms. The van der Waals surface area contributed by atoms with Gasteiger partial charge in [0.25, 0.3) is 0 Å². The molecule has 0 aromatic heterocycles. The van der Waals surface area contributed by atoms with Gasteiger partial charge in [-0.15, -0.1) is 0 Å². The number of thiocarbonyl (C=S) groups is 1. The zero-order valence-corrected chi connectivity index (χ0v) is 18.0. The standard InChI is InChI=1S/C17H35NS2.Mo/c1-15(2)11-7-5-9-13-18(17(19)20)14-10-6-8-12-16(3)4;/h15-16H,5-14H2,1-4H3,(H,19,20);/q;+1/p-1. The van der Waals surface area contributed by atoms with Crippen LogP contribution in [0.5, 0.6) is 0 Å². The number of hydrogen-bond donors (Lipinski definition) is 0. The predicted molar refractivity (Wildman–Crippen MR) is 98.4 cm³/mol. The first-order valence-corrected chi connectivity index (χ1v) is 12.2. The summed E-state index contributed by atoms with van der Waals surface area (Å²) < 4.78 is 1.09. The van der Waals surface area contributed by atoms with Crippen molar-refractivity contribution in [1.82, 2.24) is 4.90 Å². The fraction of sp³-hybridized carbons (Fsp3) is 0.941. The Hall–Kier alpha value is 0.928. The second-order valence-corrected chi connectivity index (χ2v) is 9.25. The first-order valence-electron chi connectivity index (χ1n) is 8.56. The second kappa shape index (κ2) is 14.5. The summed E-state index contributed by atoms with van der Waals surface area (Å²) in [6.07, 6.45) is 10.7. The van der Waals surface area contributed by atoms with Crippen molar-refractivity contribution in [2.24, 2.45) is 11.8 Å². The maximum atomic E-state index is 5.51. The van der Waals surface area contributed by atoms with Gasteiger partial charge < -0.3 is 0 Å². The Balaban J connectivity index is 3.80. The molecule has 0 fully saturated rings. The Morgan fingerprint density at radius 3 is 1.62 bits per heavy atom. The van der Waals surface area contributed by atoms with Crippen molar-refractivity contribution < 1.29 is 18.5 Å². The summed E-state index contributed by atoms with van der Waals surface area (Å²) in [4.78, 5) is 2.44. The monoisotopic (exact) mass is 414 g/mol. The first kappa shape index (κ1) is 21.9. The molecule has 0 rings (SSSR count). The first-order chi connectivity index (χ1) is 9.97. The van der Waals surface area contributed by atoms with E-state index in [9.17, 15) is 0 Å². The summed E-state index contributed by atoms with van der Waals surface area (Å²) in [7, 11) is 1.74. The van der Waals surface area contributed by atoms with Crippen LogP contribution in [-0.4, -0.2) is 22.3 Å². The van der Waals surface area contributed by atoms with Crippen molar-refractivity contribution in [3.8, 4) is 0 Å². The predicted octanol–water partition coefficient (Wildman–Crippen LogP) is 6.20. The second-order valence-electron chi connectivity index (χ2n) is 6.82. The molecule has 0 aromatic rings. The third-order valence-corrected chi connectivity index (χ3v) is 6.67. The molecule has 0 aliphatic heterocycles. The van der Waals surface area contributed by atoms with E-state index in [1.165, 1.54) is 51.4 Å². The fourth-order valence-corrected chi connectivity index (χ4v) is 3.66. The van der Waals surface area contributed by atoms with Crippen LogP contribution in [0.3, 0.4) is 0 Å². The molecule has 0 aliphatic carbocycles. The molecule has 0 heterocycles. The Kier molecular flexibility index (Phi) is 15.2. The van der Waals surface area contributed by atoms with Crippen LogP contribution in [0, 0.1) is 11.8 Å². The van der Waals surface area contributed by atoms with Crippen LogP contribution in [0.25, 0.3) is 0 Å². The number of nitrogens with zero attached hydrogens (tertiary/aromatic N) is 1. The van der Waals surface area contributed by atoms with Crippen LogP contribution in [-0.2, 0) is 18.5 Å². The van der Waals surface area contributed by atoms with E-state index in [-0.39, 0.29) is 0 Å². The van der Waals surface area contributed by atoms with Gasteiger partial charge in [0, 0.05) is 0 Å². The molecular formula is C17H34MoNS2. The SMILES string of the molecule is CC(C)CCCCCN(CCCCCC(C)C)C(=S)[S][Mo]. The molecule has 4 heteroatoms. The Bertz CT molecular complexity index is 239. The molecule has 0 N–H and O–H groups in total. The minimum atomic E-state index is 0.842. The van der Waals surface area contributed by atoms with Crippen molar-refractivity contribution in [3.05, 3.63) is 0 Å². The van der Waals surface area contributed by atoms with Gasteiger partial charge in [-0.2, -0.15) is 0 Å². The Morgan fingerprint density at radius 2 is 1.29 bits per heavy atom. The van der Waals surface area contributed by atoms with Crippen molar-refractivity contribution in [2.75, 3.05) is 13.1 Å². The third-order valence-electron chi connectivity index (χ3n) is 3.75. The molecule has 0 bridgehead atoms. The topological polar surface area (TPSA) is 3.24 Å². The van der Waals surface area contributed by atoms with E-state index in [1.807, 2.05) is 18.5 Å². The molecule has 0 saturated heterocycles. The van der Waals surface area contributed by atoms with Crippen molar-refractivity contribution >= 4 is 26.0 Å². The van der Waals surface area contributed by atoms with E-state index >= 15 is 0 Å². The molecule has 0 radical (unpaired) electrons. The van der Waals surface area contributed by atoms with Gasteiger partial charge in [-0.05, 0) is 0 Å². The fourth-order valence-electron chi connectivity index (χ4n) is 2.41. The van der Waals surface area contributed by atoms with Gasteiger partial charge in [0.05, 0.1) is 0 Å². The average Bonchev–Trinajstić information content (AvgIpc) is 2.42. The maximum absolute atomic E-state index is 5.51. The molecule has 0 spiro atoms. The zero-order valence-electron chi connectivity index (χ0n) is 14.4. The van der Waals surface area contributed by atoms with Crippen molar-refractivity contribution in [3.63, 3.8) is 0 Å². The number of unbranched alkanes of at least 4 members (excludes halogenated alkanes) is 4. The zero-order chi connectivity index (χ0) is 16.1. The summed E-state index contributed by atoms with van der Waals surface area (Å²) >= 11 is 7.54. The summed E-state index contributed by atoms with van der Waals surface area (Å²) in [5.41, 5.74) is 0. The van der Waals surface area contributed by atoms with Gasteiger partial charge in [0.15, 0.2) is 0 Å². The van der Waals surface area contributed by atoms with Crippen molar-refractivity contribution in [2.45, 2.75) is 79.1 Å². The van der Waals surface area contributed by atoms with Crippen LogP contribution in [0.4, 0.5) is 0 Å². The van der Waals surface area contributed by atoms with Crippen molar-refractivity contribution in [1.29, 1.82) is 0 Å². The van der Waals surface area contributed by atoms with E-state index < -0.39 is 0 Å². The summed E-state index contributed by atoms with van der Waals surface area (Å²) in [6, 6.07) is 0. The van der Waals surface area contributed by atoms with Gasteiger partial charge >= 0.3 is 153 Å². The van der Waals surface area contributed by atoms with E-state index in [0.717, 1.165) is 29.2 Å². The van der Waals surface area contributed by atoms with E-state index in [4.69, 9.17) is 12.2 Å². The summed E-state index contributed by atoms with van der Waals surface area (Å²) in [5, 5.41) is 0. The third kappa shape index (κ3) is 14.3. The molecule has 0 saturated carbocycles. The summed E-state index contributed by atoms with van der Waals surface area (Å²) in [6.45, 7) is 11.6. The van der Waals surface area contributed by atoms with Crippen LogP contribution >= 0.6 is 21.7 Å². The Labute approximate surface area is 153 Å². The normalized spacial score (nSPS) is 11.3. The van der Waals surface area contributed by atoms with Crippen LogP contribution in [0.2, 0.25) is 0 Å². The van der Waals surface area contributed by atoms with Gasteiger partial charge in [-0.25, -0.2) is 0 Å². The molecule has 0 aromatic carbocycles. The van der Waals surface area contributed by atoms with E-state index in [2.05, 4.69) is 32.6 Å². The van der Waals surface area contributed by atoms with Gasteiger partial charge in [-0.1, -0.05) is 0 Å². The quantitative estimate of drug-likeness (QED) is 0.213. The van der Waals surface area contributed by atoms with Crippen LogP contribution in [0.1, 0.15) is 79.1 Å². The van der Waals surface area contributed by atoms with E-state index in [1.54, 1.807) is 9.47 Å². The van der Waals surface area contributed by atoms with Gasteiger partial charge in [0.2, 0.25) is 0 Å². The number of hydrogen-bond acceptors (Lipinski definition) is 2. The van der Waals surface area contributed by atoms with Gasteiger partial charge in [-0.3, -0.25) is 0 Å². The molecule has 1 nitrogen and oxygen atoms in total.